The highest BCUT2D eigenvalue weighted by atomic mass is 16.2. The van der Waals surface area contributed by atoms with Gasteiger partial charge in [0.15, 0.2) is 5.78 Å². The van der Waals surface area contributed by atoms with E-state index in [1.165, 1.54) is 37.7 Å². The summed E-state index contributed by atoms with van der Waals surface area (Å²) in [6, 6.07) is 23.5. The third-order valence-electron chi connectivity index (χ3n) is 9.80. The minimum Gasteiger partial charge on any atom is -0.352 e. The molecule has 4 heterocycles. The van der Waals surface area contributed by atoms with Crippen molar-refractivity contribution >= 4 is 28.5 Å². The van der Waals surface area contributed by atoms with Gasteiger partial charge in [-0.3, -0.25) is 19.4 Å². The fourth-order valence-corrected chi connectivity index (χ4v) is 7.48. The van der Waals surface area contributed by atoms with Crippen molar-refractivity contribution in [2.75, 3.05) is 13.1 Å². The van der Waals surface area contributed by atoms with Crippen molar-refractivity contribution in [2.45, 2.75) is 69.4 Å². The average molecular weight is 575 g/mol. The number of rotatable bonds is 8. The third kappa shape index (κ3) is 5.61. The Hall–Kier alpha value is -4.26. The molecule has 7 nitrogen and oxygen atoms in total. The van der Waals surface area contributed by atoms with Gasteiger partial charge in [-0.2, -0.15) is 0 Å². The number of nitrogens with one attached hydrogen (secondary N) is 1. The van der Waals surface area contributed by atoms with Crippen molar-refractivity contribution in [3.8, 4) is 0 Å². The molecule has 7 heteroatoms. The average Bonchev–Trinajstić information content (AvgIpc) is 3.80. The fraction of sp³-hybridized carbons (Fsp3) is 0.389. The lowest BCUT2D eigenvalue weighted by Gasteiger charge is -2.36. The summed E-state index contributed by atoms with van der Waals surface area (Å²) < 4.78 is 0. The molecule has 2 bridgehead atoms. The normalized spacial score (nSPS) is 20.9. The second-order valence-electron chi connectivity index (χ2n) is 12.6. The van der Waals surface area contributed by atoms with Crippen molar-refractivity contribution in [3.05, 3.63) is 102 Å². The van der Waals surface area contributed by atoms with Crippen LogP contribution in [0.1, 0.15) is 83.0 Å². The lowest BCUT2D eigenvalue weighted by Crippen LogP contribution is -2.52. The van der Waals surface area contributed by atoms with E-state index >= 15 is 0 Å². The van der Waals surface area contributed by atoms with Crippen LogP contribution in [0.15, 0.2) is 79.0 Å². The first-order valence-corrected chi connectivity index (χ1v) is 15.8. The molecule has 2 aliphatic heterocycles. The number of pyridine rings is 1. The Morgan fingerprint density at radius 2 is 1.60 bits per heavy atom. The second kappa shape index (κ2) is 11.8. The summed E-state index contributed by atoms with van der Waals surface area (Å²) in [6.07, 6.45) is 9.54. The van der Waals surface area contributed by atoms with Crippen LogP contribution in [0.25, 0.3) is 10.9 Å². The zero-order valence-corrected chi connectivity index (χ0v) is 24.5. The van der Waals surface area contributed by atoms with Crippen molar-refractivity contribution in [1.82, 2.24) is 19.8 Å². The van der Waals surface area contributed by atoms with Gasteiger partial charge < -0.3 is 14.8 Å². The van der Waals surface area contributed by atoms with Gasteiger partial charge in [0, 0.05) is 42.5 Å². The number of fused-ring (bicyclic) bond motifs is 3. The molecule has 1 N–H and O–H groups in total. The number of piperazine rings is 1. The highest BCUT2D eigenvalue weighted by molar-refractivity contribution is 6.01. The summed E-state index contributed by atoms with van der Waals surface area (Å²) in [4.78, 5) is 52.6. The van der Waals surface area contributed by atoms with E-state index in [1.54, 1.807) is 0 Å². The zero-order chi connectivity index (χ0) is 29.3. The minimum atomic E-state index is -0.473. The number of Topliss-reactive ketones (excluding diaryl/α,β-unsaturated/α-hetero) is 1. The van der Waals surface area contributed by atoms with E-state index in [9.17, 15) is 14.4 Å². The Morgan fingerprint density at radius 1 is 0.860 bits per heavy atom. The van der Waals surface area contributed by atoms with Crippen LogP contribution in [0, 0.1) is 5.92 Å². The molecule has 3 fully saturated rings. The number of H-pyrrole nitrogens is 1. The summed E-state index contributed by atoms with van der Waals surface area (Å²) in [5.41, 5.74) is 4.21. The smallest absolute Gasteiger partial charge is 0.272 e. The molecule has 0 radical (unpaired) electrons. The second-order valence-corrected chi connectivity index (χ2v) is 12.6. The van der Waals surface area contributed by atoms with Gasteiger partial charge in [0.2, 0.25) is 5.91 Å². The fourth-order valence-electron chi connectivity index (χ4n) is 7.48. The number of ketones is 1. The molecule has 43 heavy (non-hydrogen) atoms. The van der Waals surface area contributed by atoms with Crippen LogP contribution in [0.2, 0.25) is 0 Å². The van der Waals surface area contributed by atoms with E-state index in [-0.39, 0.29) is 36.1 Å². The van der Waals surface area contributed by atoms with Gasteiger partial charge in [-0.25, -0.2) is 0 Å². The quantitative estimate of drug-likeness (QED) is 0.255. The molecule has 220 valence electrons. The Labute approximate surface area is 252 Å². The number of carbonyl (C=O) groups is 3. The van der Waals surface area contributed by atoms with Gasteiger partial charge >= 0.3 is 0 Å². The van der Waals surface area contributed by atoms with Gasteiger partial charge in [0.1, 0.15) is 5.69 Å². The van der Waals surface area contributed by atoms with E-state index in [0.717, 1.165) is 22.9 Å². The highest BCUT2D eigenvalue weighted by Gasteiger charge is 2.48. The monoisotopic (exact) mass is 574 g/mol. The SMILES string of the molecule is O=C(C[C@@H](Cc1ccccc1)C(=O)N1C[C@@H]2C[C@H]1CN2C(=O)c1ccc(C2CCCCC2)cn1)c1cc2ccccc2[nH]1. The van der Waals surface area contributed by atoms with E-state index in [0.29, 0.717) is 36.8 Å². The van der Waals surface area contributed by atoms with Crippen LogP contribution in [-0.2, 0) is 11.2 Å². The predicted octanol–water partition coefficient (Wildman–Crippen LogP) is 6.17. The molecule has 7 rings (SSSR count). The third-order valence-corrected chi connectivity index (χ3v) is 9.80. The summed E-state index contributed by atoms with van der Waals surface area (Å²) in [6.45, 7) is 1.01. The number of likely N-dealkylation sites (tertiary alicyclic amines) is 2. The van der Waals surface area contributed by atoms with Crippen molar-refractivity contribution in [3.63, 3.8) is 0 Å². The molecule has 3 aliphatic rings. The molecule has 2 aromatic heterocycles. The number of para-hydroxylation sites is 1. The van der Waals surface area contributed by atoms with E-state index in [2.05, 4.69) is 16.0 Å². The topological polar surface area (TPSA) is 86.4 Å². The number of carbonyl (C=O) groups excluding carboxylic acids is 3. The molecule has 1 saturated carbocycles. The molecule has 2 aromatic carbocycles. The Bertz CT molecular complexity index is 1590. The maximum atomic E-state index is 14.1. The highest BCUT2D eigenvalue weighted by Crippen LogP contribution is 2.35. The first-order chi connectivity index (χ1) is 21.0. The number of hydrogen-bond acceptors (Lipinski definition) is 4. The van der Waals surface area contributed by atoms with Gasteiger partial charge in [0.05, 0.1) is 17.8 Å². The molecule has 0 unspecified atom stereocenters. The first-order valence-electron chi connectivity index (χ1n) is 15.8. The van der Waals surface area contributed by atoms with Gasteiger partial charge in [-0.15, -0.1) is 0 Å². The molecule has 2 saturated heterocycles. The summed E-state index contributed by atoms with van der Waals surface area (Å²) in [7, 11) is 0. The molecule has 0 spiro atoms. The van der Waals surface area contributed by atoms with Crippen LogP contribution >= 0.6 is 0 Å². The lowest BCUT2D eigenvalue weighted by molar-refractivity contribution is -0.137. The molecular weight excluding hydrogens is 536 g/mol. The number of aromatic amines is 1. The Morgan fingerprint density at radius 3 is 2.33 bits per heavy atom. The largest absolute Gasteiger partial charge is 0.352 e. The Balaban J connectivity index is 1.04. The Kier molecular flexibility index (Phi) is 7.56. The molecule has 2 amide bonds. The predicted molar refractivity (Wildman–Crippen MR) is 166 cm³/mol. The van der Waals surface area contributed by atoms with E-state index < -0.39 is 5.92 Å². The zero-order valence-electron chi connectivity index (χ0n) is 24.5. The first kappa shape index (κ1) is 27.6. The van der Waals surface area contributed by atoms with Crippen LogP contribution in [0.5, 0.6) is 0 Å². The number of benzene rings is 2. The summed E-state index contributed by atoms with van der Waals surface area (Å²) in [5.74, 6) is -0.0276. The minimum absolute atomic E-state index is 0.00266. The molecule has 1 aliphatic carbocycles. The van der Waals surface area contributed by atoms with Crippen molar-refractivity contribution in [2.24, 2.45) is 5.92 Å². The van der Waals surface area contributed by atoms with Crippen LogP contribution in [0.3, 0.4) is 0 Å². The summed E-state index contributed by atoms with van der Waals surface area (Å²) in [5, 5.41) is 0.983. The van der Waals surface area contributed by atoms with Crippen LogP contribution < -0.4 is 0 Å². The van der Waals surface area contributed by atoms with Gasteiger partial charge in [-0.1, -0.05) is 73.9 Å². The lowest BCUT2D eigenvalue weighted by atomic mass is 9.85. The van der Waals surface area contributed by atoms with Crippen molar-refractivity contribution < 1.29 is 14.4 Å². The molecule has 4 aromatic rings. The number of hydrogen-bond donors (Lipinski definition) is 1. The standard InChI is InChI=1S/C36H38N4O3/c41-34(33-18-26-13-7-8-14-31(26)38-33)19-28(17-24-9-3-1-4-10-24)35(42)39-22-30-20-29(39)23-40(30)36(43)32-16-15-27(21-37-32)25-11-5-2-6-12-25/h1,3-4,7-10,13-16,18,21,25,28-30,38H,2,5-6,11-12,17,19-20,22-23H2/t28-,29+,30+/m1/s1. The van der Waals surface area contributed by atoms with Gasteiger partial charge in [-0.05, 0) is 60.9 Å². The summed E-state index contributed by atoms with van der Waals surface area (Å²) >= 11 is 0. The van der Waals surface area contributed by atoms with Crippen LogP contribution in [-0.4, -0.2) is 62.5 Å². The maximum Gasteiger partial charge on any atom is 0.272 e. The van der Waals surface area contributed by atoms with Crippen LogP contribution in [0.4, 0.5) is 0 Å². The molecule has 3 atom stereocenters. The molecular formula is C36H38N4O3. The van der Waals surface area contributed by atoms with E-state index in [4.69, 9.17) is 0 Å². The number of aromatic nitrogens is 2. The number of amides is 2. The van der Waals surface area contributed by atoms with E-state index in [1.807, 2.05) is 82.7 Å². The van der Waals surface area contributed by atoms with Crippen molar-refractivity contribution in [1.29, 1.82) is 0 Å². The van der Waals surface area contributed by atoms with Gasteiger partial charge in [0.25, 0.3) is 5.91 Å². The maximum absolute atomic E-state index is 14.1. The number of nitrogens with zero attached hydrogens (tertiary/aromatic N) is 3.